The molecule has 1 aromatic heterocycles. The van der Waals surface area contributed by atoms with Gasteiger partial charge in [0.05, 0.1) is 41.3 Å². The summed E-state index contributed by atoms with van der Waals surface area (Å²) in [5, 5.41) is 24.0. The second-order valence-electron chi connectivity index (χ2n) is 6.96. The standard InChI is InChI=1S/C22H22ClN5O5S/c1-28-19(17(11-29)25-20(31)13-7-3-5-9-15(13)23)26-27-22(28)34-12-18(30)24-16-10-6-4-8-14(16)21(32)33-2/h3-10,17,29H,11-12H2,1-2H3,(H,24,30)(H,25,31)/t17-/m1/s1. The largest absolute Gasteiger partial charge is 0.465 e. The summed E-state index contributed by atoms with van der Waals surface area (Å²) >= 11 is 7.17. The van der Waals surface area contributed by atoms with E-state index in [-0.39, 0.29) is 27.8 Å². The molecule has 0 aliphatic carbocycles. The van der Waals surface area contributed by atoms with Crippen molar-refractivity contribution in [3.8, 4) is 0 Å². The van der Waals surface area contributed by atoms with Crippen LogP contribution in [0.25, 0.3) is 0 Å². The number of methoxy groups -OCH3 is 1. The molecule has 34 heavy (non-hydrogen) atoms. The number of carbonyl (C=O) groups excluding carboxylic acids is 3. The van der Waals surface area contributed by atoms with Gasteiger partial charge in [-0.3, -0.25) is 9.59 Å². The van der Waals surface area contributed by atoms with Crippen LogP contribution in [0.4, 0.5) is 5.69 Å². The Bertz CT molecular complexity index is 1200. The Morgan fingerprint density at radius 3 is 2.47 bits per heavy atom. The number of hydrogen-bond acceptors (Lipinski definition) is 8. The molecule has 0 aliphatic heterocycles. The lowest BCUT2D eigenvalue weighted by atomic mass is 10.2. The van der Waals surface area contributed by atoms with Crippen LogP contribution in [0.5, 0.6) is 0 Å². The summed E-state index contributed by atoms with van der Waals surface area (Å²) in [4.78, 5) is 36.9. The fourth-order valence-corrected chi connectivity index (χ4v) is 3.96. The fourth-order valence-electron chi connectivity index (χ4n) is 3.02. The Kier molecular flexibility index (Phi) is 8.63. The van der Waals surface area contributed by atoms with Crippen LogP contribution in [-0.2, 0) is 16.6 Å². The number of ether oxygens (including phenoxy) is 1. The van der Waals surface area contributed by atoms with Crippen LogP contribution in [0.15, 0.2) is 53.7 Å². The van der Waals surface area contributed by atoms with Crippen molar-refractivity contribution < 1.29 is 24.2 Å². The van der Waals surface area contributed by atoms with E-state index in [1.165, 1.54) is 7.11 Å². The van der Waals surface area contributed by atoms with Gasteiger partial charge in [0.25, 0.3) is 5.91 Å². The molecule has 3 N–H and O–H groups in total. The fraction of sp³-hybridized carbons (Fsp3) is 0.227. The molecule has 10 nitrogen and oxygen atoms in total. The lowest BCUT2D eigenvalue weighted by Gasteiger charge is -2.16. The van der Waals surface area contributed by atoms with Crippen molar-refractivity contribution in [2.75, 3.05) is 24.8 Å². The number of esters is 1. The molecule has 0 bridgehead atoms. The number of rotatable bonds is 9. The minimum Gasteiger partial charge on any atom is -0.465 e. The molecule has 0 fully saturated rings. The van der Waals surface area contributed by atoms with E-state index < -0.39 is 24.5 Å². The number of carbonyl (C=O) groups is 3. The first-order chi connectivity index (χ1) is 16.3. The average Bonchev–Trinajstić information content (AvgIpc) is 3.21. The Morgan fingerprint density at radius 2 is 1.79 bits per heavy atom. The monoisotopic (exact) mass is 503 g/mol. The van der Waals surface area contributed by atoms with Crippen LogP contribution in [0.2, 0.25) is 5.02 Å². The number of amides is 2. The maximum atomic E-state index is 12.6. The van der Waals surface area contributed by atoms with Gasteiger partial charge in [-0.05, 0) is 24.3 Å². The molecule has 0 unspecified atom stereocenters. The molecule has 3 aromatic rings. The van der Waals surface area contributed by atoms with E-state index in [2.05, 4.69) is 20.8 Å². The molecular formula is C22H22ClN5O5S. The van der Waals surface area contributed by atoms with E-state index in [0.717, 1.165) is 11.8 Å². The molecule has 2 aromatic carbocycles. The number of aliphatic hydroxyl groups is 1. The van der Waals surface area contributed by atoms with Crippen LogP contribution in [0.3, 0.4) is 0 Å². The molecule has 12 heteroatoms. The molecule has 0 aliphatic rings. The molecule has 0 saturated heterocycles. The molecule has 0 saturated carbocycles. The minimum absolute atomic E-state index is 0.0166. The molecular weight excluding hydrogens is 482 g/mol. The molecule has 1 heterocycles. The van der Waals surface area contributed by atoms with Gasteiger partial charge >= 0.3 is 5.97 Å². The van der Waals surface area contributed by atoms with E-state index in [1.54, 1.807) is 60.1 Å². The smallest absolute Gasteiger partial charge is 0.339 e. The Labute approximate surface area is 204 Å². The van der Waals surface area contributed by atoms with E-state index >= 15 is 0 Å². The van der Waals surface area contributed by atoms with Crippen molar-refractivity contribution in [1.82, 2.24) is 20.1 Å². The Morgan fingerprint density at radius 1 is 1.12 bits per heavy atom. The first kappa shape index (κ1) is 25.2. The zero-order valence-corrected chi connectivity index (χ0v) is 19.9. The van der Waals surface area contributed by atoms with Gasteiger partial charge in [-0.2, -0.15) is 0 Å². The highest BCUT2D eigenvalue weighted by Gasteiger charge is 2.23. The SMILES string of the molecule is COC(=O)c1ccccc1NC(=O)CSc1nnc([C@@H](CO)NC(=O)c2ccccc2Cl)n1C. The average molecular weight is 504 g/mol. The van der Waals surface area contributed by atoms with Gasteiger partial charge < -0.3 is 25.0 Å². The lowest BCUT2D eigenvalue weighted by molar-refractivity contribution is -0.113. The Balaban J connectivity index is 1.65. The normalized spacial score (nSPS) is 11.5. The van der Waals surface area contributed by atoms with Gasteiger partial charge in [0, 0.05) is 7.05 Å². The van der Waals surface area contributed by atoms with Gasteiger partial charge in [0.2, 0.25) is 5.91 Å². The molecule has 0 radical (unpaired) electrons. The molecule has 2 amide bonds. The number of aromatic nitrogens is 3. The van der Waals surface area contributed by atoms with Crippen molar-refractivity contribution >= 4 is 46.8 Å². The highest BCUT2D eigenvalue weighted by molar-refractivity contribution is 7.99. The number of hydrogen-bond donors (Lipinski definition) is 3. The molecule has 178 valence electrons. The predicted molar refractivity (Wildman–Crippen MR) is 127 cm³/mol. The number of halogens is 1. The number of anilines is 1. The maximum Gasteiger partial charge on any atom is 0.339 e. The van der Waals surface area contributed by atoms with Gasteiger partial charge in [-0.15, -0.1) is 10.2 Å². The zero-order valence-electron chi connectivity index (χ0n) is 18.3. The maximum absolute atomic E-state index is 12.6. The minimum atomic E-state index is -0.837. The highest BCUT2D eigenvalue weighted by Crippen LogP contribution is 2.22. The third kappa shape index (κ3) is 5.93. The van der Waals surface area contributed by atoms with E-state index in [9.17, 15) is 19.5 Å². The van der Waals surface area contributed by atoms with Gasteiger partial charge in [-0.1, -0.05) is 47.6 Å². The number of benzene rings is 2. The zero-order chi connectivity index (χ0) is 24.7. The van der Waals surface area contributed by atoms with E-state index in [1.807, 2.05) is 0 Å². The summed E-state index contributed by atoms with van der Waals surface area (Å²) in [5.41, 5.74) is 0.842. The van der Waals surface area contributed by atoms with E-state index in [4.69, 9.17) is 16.3 Å². The Hall–Kier alpha value is -3.41. The molecule has 3 rings (SSSR count). The van der Waals surface area contributed by atoms with Crippen LogP contribution < -0.4 is 10.6 Å². The second kappa shape index (κ2) is 11.6. The number of nitrogens with zero attached hydrogens (tertiary/aromatic N) is 3. The van der Waals surface area contributed by atoms with E-state index in [0.29, 0.717) is 16.7 Å². The number of para-hydroxylation sites is 1. The van der Waals surface area contributed by atoms with Crippen LogP contribution in [-0.4, -0.2) is 57.1 Å². The topological polar surface area (TPSA) is 135 Å². The van der Waals surface area contributed by atoms with Crippen LogP contribution >= 0.6 is 23.4 Å². The first-order valence-electron chi connectivity index (χ1n) is 10.0. The summed E-state index contributed by atoms with van der Waals surface area (Å²) in [6.07, 6.45) is 0. The molecule has 0 spiro atoms. The summed E-state index contributed by atoms with van der Waals surface area (Å²) in [6, 6.07) is 12.2. The summed E-state index contributed by atoms with van der Waals surface area (Å²) in [5.74, 6) is -1.10. The molecule has 1 atom stereocenters. The summed E-state index contributed by atoms with van der Waals surface area (Å²) in [6.45, 7) is -0.419. The van der Waals surface area contributed by atoms with Gasteiger partial charge in [0.1, 0.15) is 6.04 Å². The summed E-state index contributed by atoms with van der Waals surface area (Å²) in [7, 11) is 2.92. The van der Waals surface area contributed by atoms with Gasteiger partial charge in [-0.25, -0.2) is 4.79 Å². The number of nitrogens with one attached hydrogen (secondary N) is 2. The lowest BCUT2D eigenvalue weighted by Crippen LogP contribution is -2.32. The van der Waals surface area contributed by atoms with Crippen molar-refractivity contribution in [1.29, 1.82) is 0 Å². The van der Waals surface area contributed by atoms with Crippen molar-refractivity contribution in [3.05, 3.63) is 70.5 Å². The number of aliphatic hydroxyl groups excluding tert-OH is 1. The first-order valence-corrected chi connectivity index (χ1v) is 11.4. The highest BCUT2D eigenvalue weighted by atomic mass is 35.5. The second-order valence-corrected chi connectivity index (χ2v) is 8.31. The third-order valence-electron chi connectivity index (χ3n) is 4.73. The third-order valence-corrected chi connectivity index (χ3v) is 6.08. The summed E-state index contributed by atoms with van der Waals surface area (Å²) < 4.78 is 6.30. The van der Waals surface area contributed by atoms with Crippen LogP contribution in [0, 0.1) is 0 Å². The number of thioether (sulfide) groups is 1. The van der Waals surface area contributed by atoms with Crippen LogP contribution in [0.1, 0.15) is 32.6 Å². The van der Waals surface area contributed by atoms with Crippen molar-refractivity contribution in [3.63, 3.8) is 0 Å². The van der Waals surface area contributed by atoms with Gasteiger partial charge in [0.15, 0.2) is 11.0 Å². The van der Waals surface area contributed by atoms with Crippen molar-refractivity contribution in [2.45, 2.75) is 11.2 Å². The quantitative estimate of drug-likeness (QED) is 0.299. The van der Waals surface area contributed by atoms with Crippen molar-refractivity contribution in [2.24, 2.45) is 7.05 Å². The predicted octanol–water partition coefficient (Wildman–Crippen LogP) is 2.45.